The lowest BCUT2D eigenvalue weighted by Crippen LogP contribution is -2.39. The van der Waals surface area contributed by atoms with Crippen molar-refractivity contribution in [2.45, 2.75) is 6.54 Å². The summed E-state index contributed by atoms with van der Waals surface area (Å²) in [5, 5.41) is 11.9. The number of aliphatic imine (C=N–C) groups is 1. The number of aromatic amines is 1. The number of aromatic nitrogens is 3. The Morgan fingerprint density at radius 2 is 1.78 bits per heavy atom. The molecular formula is C24H20FN7. The van der Waals surface area contributed by atoms with Crippen molar-refractivity contribution in [3.05, 3.63) is 90.5 Å². The number of nitrogens with zero attached hydrogens (tertiary/aromatic N) is 5. The number of guanidine groups is 1. The molecule has 0 aliphatic carbocycles. The minimum absolute atomic E-state index is 0.320. The average molecular weight is 425 g/mol. The first kappa shape index (κ1) is 20.8. The topological polar surface area (TPSA) is 93.0 Å². The van der Waals surface area contributed by atoms with Crippen LogP contribution in [0.2, 0.25) is 0 Å². The minimum atomic E-state index is -0.320. The summed E-state index contributed by atoms with van der Waals surface area (Å²) in [4.78, 5) is 18.3. The van der Waals surface area contributed by atoms with Gasteiger partial charge in [-0.3, -0.25) is 20.2 Å². The standard InChI is InChI=1S/C24H20FN7/c1-27-23(29-16-26)32(15-17-5-3-2-4-6-17)24-30-21(18-7-9-20(25)10-8-18)22(31-24)19-11-13-28-14-12-19/h2-14H,15H2,1H3,(H,27,29)(H,30,31). The van der Waals surface area contributed by atoms with E-state index in [2.05, 4.69) is 20.3 Å². The molecule has 0 saturated carbocycles. The highest BCUT2D eigenvalue weighted by Crippen LogP contribution is 2.32. The van der Waals surface area contributed by atoms with Crippen LogP contribution in [-0.2, 0) is 6.54 Å². The van der Waals surface area contributed by atoms with Crippen molar-refractivity contribution in [2.24, 2.45) is 4.99 Å². The van der Waals surface area contributed by atoms with Crippen molar-refractivity contribution in [3.63, 3.8) is 0 Å². The number of imidazole rings is 1. The number of benzene rings is 2. The third kappa shape index (κ3) is 4.47. The van der Waals surface area contributed by atoms with Gasteiger partial charge in [-0.05, 0) is 42.0 Å². The number of anilines is 1. The van der Waals surface area contributed by atoms with Gasteiger partial charge in [0.05, 0.1) is 17.9 Å². The zero-order valence-electron chi connectivity index (χ0n) is 17.3. The molecular weight excluding hydrogens is 405 g/mol. The molecule has 0 amide bonds. The lowest BCUT2D eigenvalue weighted by atomic mass is 10.1. The Morgan fingerprint density at radius 1 is 1.06 bits per heavy atom. The zero-order chi connectivity index (χ0) is 22.3. The van der Waals surface area contributed by atoms with Gasteiger partial charge in [0, 0.05) is 30.6 Å². The third-order valence-corrected chi connectivity index (χ3v) is 4.85. The van der Waals surface area contributed by atoms with E-state index in [1.54, 1.807) is 36.5 Å². The summed E-state index contributed by atoms with van der Waals surface area (Å²) in [5.74, 6) is 0.514. The van der Waals surface area contributed by atoms with Gasteiger partial charge >= 0.3 is 0 Å². The van der Waals surface area contributed by atoms with E-state index in [9.17, 15) is 9.65 Å². The summed E-state index contributed by atoms with van der Waals surface area (Å²) in [6, 6.07) is 19.7. The maximum absolute atomic E-state index is 13.5. The summed E-state index contributed by atoms with van der Waals surface area (Å²) < 4.78 is 13.5. The first-order chi connectivity index (χ1) is 15.7. The predicted molar refractivity (Wildman–Crippen MR) is 122 cm³/mol. The Balaban J connectivity index is 1.85. The fourth-order valence-electron chi connectivity index (χ4n) is 3.34. The van der Waals surface area contributed by atoms with Crippen molar-refractivity contribution in [3.8, 4) is 28.7 Å². The van der Waals surface area contributed by atoms with Gasteiger partial charge in [0.25, 0.3) is 0 Å². The van der Waals surface area contributed by atoms with Crippen LogP contribution in [0.3, 0.4) is 0 Å². The molecule has 0 aliphatic rings. The Kier molecular flexibility index (Phi) is 6.18. The van der Waals surface area contributed by atoms with E-state index in [1.165, 1.54) is 12.1 Å². The number of nitrogens with one attached hydrogen (secondary N) is 2. The van der Waals surface area contributed by atoms with Crippen molar-refractivity contribution in [1.82, 2.24) is 20.3 Å². The second-order valence-electron chi connectivity index (χ2n) is 6.88. The van der Waals surface area contributed by atoms with Crippen LogP contribution in [0.25, 0.3) is 22.5 Å². The Bertz CT molecular complexity index is 1240. The van der Waals surface area contributed by atoms with E-state index in [1.807, 2.05) is 48.7 Å². The van der Waals surface area contributed by atoms with Gasteiger partial charge in [-0.25, -0.2) is 9.37 Å². The first-order valence-corrected chi connectivity index (χ1v) is 9.89. The fourth-order valence-corrected chi connectivity index (χ4v) is 3.34. The zero-order valence-corrected chi connectivity index (χ0v) is 17.3. The molecule has 0 spiro atoms. The van der Waals surface area contributed by atoms with Gasteiger partial charge in [0.2, 0.25) is 11.9 Å². The van der Waals surface area contributed by atoms with Crippen LogP contribution in [-0.4, -0.2) is 28.0 Å². The summed E-state index contributed by atoms with van der Waals surface area (Å²) in [6.45, 7) is 0.425. The normalized spacial score (nSPS) is 11.1. The second kappa shape index (κ2) is 9.53. The molecule has 0 bridgehead atoms. The molecule has 0 radical (unpaired) electrons. The molecule has 0 unspecified atom stereocenters. The van der Waals surface area contributed by atoms with E-state index in [0.717, 1.165) is 22.4 Å². The van der Waals surface area contributed by atoms with Gasteiger partial charge in [-0.15, -0.1) is 0 Å². The summed E-state index contributed by atoms with van der Waals surface area (Å²) >= 11 is 0. The average Bonchev–Trinajstić information content (AvgIpc) is 3.28. The van der Waals surface area contributed by atoms with Crippen molar-refractivity contribution in [1.29, 1.82) is 5.26 Å². The number of halogens is 1. The van der Waals surface area contributed by atoms with Gasteiger partial charge < -0.3 is 4.98 Å². The Labute approximate surface area is 184 Å². The van der Waals surface area contributed by atoms with Gasteiger partial charge in [0.1, 0.15) is 5.82 Å². The largest absolute Gasteiger partial charge is 0.323 e. The van der Waals surface area contributed by atoms with E-state index >= 15 is 0 Å². The lowest BCUT2D eigenvalue weighted by Gasteiger charge is -2.22. The number of hydrogen-bond acceptors (Lipinski definition) is 4. The lowest BCUT2D eigenvalue weighted by molar-refractivity contribution is 0.628. The molecule has 8 heteroatoms. The fraction of sp³-hybridized carbons (Fsp3) is 0.0833. The molecule has 32 heavy (non-hydrogen) atoms. The van der Waals surface area contributed by atoms with Crippen molar-refractivity contribution in [2.75, 3.05) is 11.9 Å². The summed E-state index contributed by atoms with van der Waals surface area (Å²) in [7, 11) is 1.60. The molecule has 2 aromatic heterocycles. The smallest absolute Gasteiger partial charge is 0.214 e. The van der Waals surface area contributed by atoms with Crippen LogP contribution in [0, 0.1) is 17.3 Å². The molecule has 158 valence electrons. The molecule has 4 rings (SSSR count). The molecule has 0 atom stereocenters. The van der Waals surface area contributed by atoms with Crippen LogP contribution in [0.4, 0.5) is 10.3 Å². The maximum atomic E-state index is 13.5. The molecule has 0 saturated heterocycles. The highest BCUT2D eigenvalue weighted by Gasteiger charge is 2.22. The van der Waals surface area contributed by atoms with Crippen molar-refractivity contribution >= 4 is 11.9 Å². The van der Waals surface area contributed by atoms with Crippen LogP contribution in [0.5, 0.6) is 0 Å². The van der Waals surface area contributed by atoms with E-state index < -0.39 is 0 Å². The second-order valence-corrected chi connectivity index (χ2v) is 6.88. The van der Waals surface area contributed by atoms with Gasteiger partial charge in [-0.2, -0.15) is 5.26 Å². The highest BCUT2D eigenvalue weighted by molar-refractivity contribution is 5.96. The van der Waals surface area contributed by atoms with E-state index in [4.69, 9.17) is 4.98 Å². The highest BCUT2D eigenvalue weighted by atomic mass is 19.1. The summed E-state index contributed by atoms with van der Waals surface area (Å²) in [5.41, 5.74) is 4.04. The molecule has 2 aromatic carbocycles. The quantitative estimate of drug-likeness (QED) is 0.215. The Hall–Kier alpha value is -4.51. The van der Waals surface area contributed by atoms with E-state index in [-0.39, 0.29) is 5.82 Å². The third-order valence-electron chi connectivity index (χ3n) is 4.85. The molecule has 4 aromatic rings. The van der Waals surface area contributed by atoms with Crippen LogP contribution in [0.15, 0.2) is 84.1 Å². The molecule has 7 nitrogen and oxygen atoms in total. The van der Waals surface area contributed by atoms with Crippen LogP contribution >= 0.6 is 0 Å². The maximum Gasteiger partial charge on any atom is 0.214 e. The first-order valence-electron chi connectivity index (χ1n) is 9.89. The SMILES string of the molecule is CN=C(NC#N)N(Cc1ccccc1)c1nc(-c2ccc(F)cc2)c(-c2ccncc2)[nH]1. The van der Waals surface area contributed by atoms with Crippen LogP contribution < -0.4 is 10.2 Å². The predicted octanol–water partition coefficient (Wildman–Crippen LogP) is 4.34. The van der Waals surface area contributed by atoms with E-state index in [0.29, 0.717) is 24.1 Å². The van der Waals surface area contributed by atoms with Crippen molar-refractivity contribution < 1.29 is 4.39 Å². The number of hydrogen-bond donors (Lipinski definition) is 2. The number of pyridine rings is 1. The van der Waals surface area contributed by atoms with Gasteiger partial charge in [-0.1, -0.05) is 30.3 Å². The molecule has 2 N–H and O–H groups in total. The number of nitriles is 1. The van der Waals surface area contributed by atoms with Gasteiger partial charge in [0.15, 0.2) is 6.19 Å². The Morgan fingerprint density at radius 3 is 2.44 bits per heavy atom. The summed E-state index contributed by atoms with van der Waals surface area (Å²) in [6.07, 6.45) is 5.32. The molecule has 0 fully saturated rings. The minimum Gasteiger partial charge on any atom is -0.323 e. The number of H-pyrrole nitrogens is 1. The molecule has 0 aliphatic heterocycles. The number of rotatable bonds is 5. The van der Waals surface area contributed by atoms with Crippen LogP contribution in [0.1, 0.15) is 5.56 Å². The molecule has 2 heterocycles. The monoisotopic (exact) mass is 425 g/mol.